The molecule has 0 aliphatic heterocycles. The summed E-state index contributed by atoms with van der Waals surface area (Å²) in [5.41, 5.74) is 1.17. The van der Waals surface area contributed by atoms with Crippen molar-refractivity contribution in [1.29, 1.82) is 0 Å². The van der Waals surface area contributed by atoms with Crippen LogP contribution in [-0.4, -0.2) is 34.1 Å². The third-order valence-electron chi connectivity index (χ3n) is 2.67. The molecule has 0 aliphatic rings. The van der Waals surface area contributed by atoms with Crippen molar-refractivity contribution >= 4 is 33.8 Å². The van der Waals surface area contributed by atoms with Gasteiger partial charge < -0.3 is 15.5 Å². The van der Waals surface area contributed by atoms with Crippen LogP contribution in [0, 0.1) is 6.92 Å². The second-order valence-electron chi connectivity index (χ2n) is 4.26. The van der Waals surface area contributed by atoms with Crippen molar-refractivity contribution in [2.75, 3.05) is 0 Å². The van der Waals surface area contributed by atoms with E-state index in [0.717, 1.165) is 10.0 Å². The standard InChI is InChI=1S/C13H14BrNO5/c1-7-6-8(2-3-9(7)14)12(18)15-10(13(19)20)4-5-11(16)17/h2-3,6,10H,4-5H2,1H3,(H,15,18)(H,16,17)(H,19,20)/t10-/m0/s1. The average Bonchev–Trinajstić information content (AvgIpc) is 2.36. The van der Waals surface area contributed by atoms with E-state index in [1.54, 1.807) is 25.1 Å². The third kappa shape index (κ3) is 4.65. The zero-order chi connectivity index (χ0) is 15.3. The number of aryl methyl sites for hydroxylation is 1. The predicted octanol–water partition coefficient (Wildman–Crippen LogP) is 1.81. The molecule has 0 bridgehead atoms. The minimum absolute atomic E-state index is 0.161. The summed E-state index contributed by atoms with van der Waals surface area (Å²) in [6.45, 7) is 1.81. The van der Waals surface area contributed by atoms with Crippen LogP contribution in [0.4, 0.5) is 0 Å². The van der Waals surface area contributed by atoms with Gasteiger partial charge in [-0.1, -0.05) is 15.9 Å². The number of nitrogens with one attached hydrogen (secondary N) is 1. The Morgan fingerprint density at radius 1 is 1.30 bits per heavy atom. The van der Waals surface area contributed by atoms with Crippen molar-refractivity contribution in [1.82, 2.24) is 5.32 Å². The van der Waals surface area contributed by atoms with Crippen molar-refractivity contribution in [3.05, 3.63) is 33.8 Å². The van der Waals surface area contributed by atoms with Crippen LogP contribution in [0.2, 0.25) is 0 Å². The lowest BCUT2D eigenvalue weighted by atomic mass is 10.1. The summed E-state index contributed by atoms with van der Waals surface area (Å²) in [5.74, 6) is -2.91. The summed E-state index contributed by atoms with van der Waals surface area (Å²) in [7, 11) is 0. The fourth-order valence-electron chi connectivity index (χ4n) is 1.55. The van der Waals surface area contributed by atoms with Crippen molar-refractivity contribution in [2.45, 2.75) is 25.8 Å². The van der Waals surface area contributed by atoms with Crippen LogP contribution in [0.25, 0.3) is 0 Å². The van der Waals surface area contributed by atoms with Crippen molar-refractivity contribution < 1.29 is 24.6 Å². The lowest BCUT2D eigenvalue weighted by Gasteiger charge is -2.14. The van der Waals surface area contributed by atoms with E-state index in [1.807, 2.05) is 0 Å². The summed E-state index contributed by atoms with van der Waals surface area (Å²) in [6.07, 6.45) is -0.484. The summed E-state index contributed by atoms with van der Waals surface area (Å²) < 4.78 is 0.842. The van der Waals surface area contributed by atoms with Crippen molar-refractivity contribution in [3.63, 3.8) is 0 Å². The number of carboxylic acids is 2. The molecule has 1 atom stereocenters. The molecule has 1 aromatic rings. The van der Waals surface area contributed by atoms with Gasteiger partial charge in [-0.2, -0.15) is 0 Å². The molecule has 3 N–H and O–H groups in total. The number of carboxylic acid groups (broad SMARTS) is 2. The van der Waals surface area contributed by atoms with Gasteiger partial charge in [0.1, 0.15) is 6.04 Å². The number of benzene rings is 1. The van der Waals surface area contributed by atoms with E-state index in [2.05, 4.69) is 21.2 Å². The number of hydrogen-bond acceptors (Lipinski definition) is 3. The summed E-state index contributed by atoms with van der Waals surface area (Å²) in [6, 6.07) is 3.65. The molecule has 1 aromatic carbocycles. The largest absolute Gasteiger partial charge is 0.481 e. The van der Waals surface area contributed by atoms with Gasteiger partial charge >= 0.3 is 11.9 Å². The molecule has 0 heterocycles. The second kappa shape index (κ2) is 7.04. The molecule has 7 heteroatoms. The number of aliphatic carboxylic acids is 2. The van der Waals surface area contributed by atoms with Crippen LogP contribution in [-0.2, 0) is 9.59 Å². The highest BCUT2D eigenvalue weighted by Gasteiger charge is 2.21. The van der Waals surface area contributed by atoms with Gasteiger partial charge in [-0.15, -0.1) is 0 Å². The van der Waals surface area contributed by atoms with Crippen LogP contribution < -0.4 is 5.32 Å². The first-order valence-electron chi connectivity index (χ1n) is 5.83. The minimum atomic E-state index is -1.26. The molecule has 0 spiro atoms. The van der Waals surface area contributed by atoms with Gasteiger partial charge in [-0.3, -0.25) is 9.59 Å². The van der Waals surface area contributed by atoms with Crippen molar-refractivity contribution in [3.8, 4) is 0 Å². The van der Waals surface area contributed by atoms with Crippen LogP contribution in [0.3, 0.4) is 0 Å². The van der Waals surface area contributed by atoms with Gasteiger partial charge in [0.2, 0.25) is 0 Å². The maximum absolute atomic E-state index is 11.9. The van der Waals surface area contributed by atoms with Gasteiger partial charge in [0.25, 0.3) is 5.91 Å². The fourth-order valence-corrected chi connectivity index (χ4v) is 1.80. The SMILES string of the molecule is Cc1cc(C(=O)N[C@@H](CCC(=O)O)C(=O)O)ccc1Br. The molecule has 6 nitrogen and oxygen atoms in total. The molecule has 0 aromatic heterocycles. The highest BCUT2D eigenvalue weighted by Crippen LogP contribution is 2.17. The minimum Gasteiger partial charge on any atom is -0.481 e. The summed E-state index contributed by atoms with van der Waals surface area (Å²) in [5, 5.41) is 19.8. The lowest BCUT2D eigenvalue weighted by Crippen LogP contribution is -2.41. The van der Waals surface area contributed by atoms with E-state index in [4.69, 9.17) is 10.2 Å². The monoisotopic (exact) mass is 343 g/mol. The average molecular weight is 344 g/mol. The lowest BCUT2D eigenvalue weighted by molar-refractivity contribution is -0.140. The molecular weight excluding hydrogens is 330 g/mol. The fraction of sp³-hybridized carbons (Fsp3) is 0.308. The Labute approximate surface area is 123 Å². The summed E-state index contributed by atoms with van der Waals surface area (Å²) >= 11 is 3.30. The second-order valence-corrected chi connectivity index (χ2v) is 5.11. The van der Waals surface area contributed by atoms with Gasteiger partial charge in [0.15, 0.2) is 0 Å². The molecule has 0 aliphatic carbocycles. The topological polar surface area (TPSA) is 104 Å². The maximum atomic E-state index is 11.9. The third-order valence-corrected chi connectivity index (χ3v) is 3.56. The van der Waals surface area contributed by atoms with Crippen molar-refractivity contribution in [2.24, 2.45) is 0 Å². The van der Waals surface area contributed by atoms with Gasteiger partial charge in [-0.05, 0) is 37.1 Å². The van der Waals surface area contributed by atoms with E-state index in [1.165, 1.54) is 0 Å². The van der Waals surface area contributed by atoms with E-state index in [0.29, 0.717) is 5.56 Å². The number of carbonyl (C=O) groups excluding carboxylic acids is 1. The Bertz CT molecular complexity index is 544. The number of carbonyl (C=O) groups is 3. The molecular formula is C13H14BrNO5. The molecule has 0 radical (unpaired) electrons. The van der Waals surface area contributed by atoms with E-state index in [-0.39, 0.29) is 12.8 Å². The Morgan fingerprint density at radius 2 is 1.95 bits per heavy atom. The van der Waals surface area contributed by atoms with Crippen LogP contribution in [0.1, 0.15) is 28.8 Å². The molecule has 108 valence electrons. The van der Waals surface area contributed by atoms with Gasteiger partial charge in [-0.25, -0.2) is 4.79 Å². The predicted molar refractivity (Wildman–Crippen MR) is 74.6 cm³/mol. The molecule has 0 saturated heterocycles. The molecule has 0 fully saturated rings. The Balaban J connectivity index is 2.77. The first-order valence-corrected chi connectivity index (χ1v) is 6.62. The first-order chi connectivity index (χ1) is 9.31. The number of hydrogen-bond donors (Lipinski definition) is 3. The number of amides is 1. The Hall–Kier alpha value is -1.89. The summed E-state index contributed by atoms with van der Waals surface area (Å²) in [4.78, 5) is 33.4. The molecule has 0 saturated carbocycles. The molecule has 1 rings (SSSR count). The van der Waals surface area contributed by atoms with Gasteiger partial charge in [0.05, 0.1) is 0 Å². The number of halogens is 1. The zero-order valence-electron chi connectivity index (χ0n) is 10.7. The van der Waals surface area contributed by atoms with Crippen LogP contribution in [0.15, 0.2) is 22.7 Å². The highest BCUT2D eigenvalue weighted by atomic mass is 79.9. The zero-order valence-corrected chi connectivity index (χ0v) is 12.3. The van der Waals surface area contributed by atoms with E-state index < -0.39 is 23.9 Å². The van der Waals surface area contributed by atoms with E-state index in [9.17, 15) is 14.4 Å². The van der Waals surface area contributed by atoms with Crippen LogP contribution in [0.5, 0.6) is 0 Å². The maximum Gasteiger partial charge on any atom is 0.326 e. The van der Waals surface area contributed by atoms with Crippen LogP contribution >= 0.6 is 15.9 Å². The Kier molecular flexibility index (Phi) is 5.69. The molecule has 1 amide bonds. The van der Waals surface area contributed by atoms with E-state index >= 15 is 0 Å². The molecule has 20 heavy (non-hydrogen) atoms. The molecule has 0 unspecified atom stereocenters. The normalized spacial score (nSPS) is 11.7. The van der Waals surface area contributed by atoms with Gasteiger partial charge in [0, 0.05) is 16.5 Å². The quantitative estimate of drug-likeness (QED) is 0.730. The first kappa shape index (κ1) is 16.2. The smallest absolute Gasteiger partial charge is 0.326 e. The highest BCUT2D eigenvalue weighted by molar-refractivity contribution is 9.10. The Morgan fingerprint density at radius 3 is 2.45 bits per heavy atom. The number of rotatable bonds is 6.